The lowest BCUT2D eigenvalue weighted by Crippen LogP contribution is -2.54. The smallest absolute Gasteiger partial charge is 0.0669 e. The monoisotopic (exact) mass is 276 g/mol. The summed E-state index contributed by atoms with van der Waals surface area (Å²) in [7, 11) is 0. The van der Waals surface area contributed by atoms with E-state index in [2.05, 4.69) is 59.2 Å². The van der Waals surface area contributed by atoms with Crippen LogP contribution in [-0.2, 0) is 6.54 Å². The van der Waals surface area contributed by atoms with Crippen LogP contribution in [0.25, 0.3) is 0 Å². The standard InChI is InChI=1S/C16H24N2S/c1-14-11-17-16(19-13-14)7-9-18(10-8-16)12-15-5-3-2-4-6-15/h2-6,14,17H,7-13H2,1H3. The van der Waals surface area contributed by atoms with Gasteiger partial charge in [0.05, 0.1) is 4.87 Å². The molecule has 1 N–H and O–H groups in total. The van der Waals surface area contributed by atoms with Crippen molar-refractivity contribution in [2.24, 2.45) is 5.92 Å². The van der Waals surface area contributed by atoms with Crippen molar-refractivity contribution in [1.29, 1.82) is 0 Å². The number of likely N-dealkylation sites (tertiary alicyclic amines) is 1. The zero-order valence-electron chi connectivity index (χ0n) is 11.8. The minimum absolute atomic E-state index is 0.389. The summed E-state index contributed by atoms with van der Waals surface area (Å²) in [5.74, 6) is 2.16. The summed E-state index contributed by atoms with van der Waals surface area (Å²) >= 11 is 2.17. The maximum atomic E-state index is 3.80. The third-order valence-electron chi connectivity index (χ3n) is 4.33. The second kappa shape index (κ2) is 5.86. The molecule has 0 aliphatic carbocycles. The van der Waals surface area contributed by atoms with Crippen molar-refractivity contribution >= 4 is 11.8 Å². The van der Waals surface area contributed by atoms with Gasteiger partial charge in [-0.25, -0.2) is 0 Å². The molecule has 2 aliphatic heterocycles. The van der Waals surface area contributed by atoms with Gasteiger partial charge in [0.1, 0.15) is 0 Å². The Balaban J connectivity index is 1.52. The summed E-state index contributed by atoms with van der Waals surface area (Å²) in [5, 5.41) is 3.80. The Morgan fingerprint density at radius 2 is 2.00 bits per heavy atom. The summed E-state index contributed by atoms with van der Waals surface area (Å²) < 4.78 is 0. The van der Waals surface area contributed by atoms with Crippen molar-refractivity contribution in [3.63, 3.8) is 0 Å². The molecule has 1 unspecified atom stereocenters. The van der Waals surface area contributed by atoms with Crippen LogP contribution in [0.4, 0.5) is 0 Å². The molecule has 104 valence electrons. The first-order chi connectivity index (χ1) is 9.26. The number of hydrogen-bond donors (Lipinski definition) is 1. The first-order valence-corrected chi connectivity index (χ1v) is 8.40. The lowest BCUT2D eigenvalue weighted by Gasteiger charge is -2.45. The molecule has 1 atom stereocenters. The van der Waals surface area contributed by atoms with Crippen molar-refractivity contribution in [3.05, 3.63) is 35.9 Å². The average molecular weight is 276 g/mol. The zero-order chi connectivity index (χ0) is 13.1. The maximum absolute atomic E-state index is 3.80. The topological polar surface area (TPSA) is 15.3 Å². The van der Waals surface area contributed by atoms with Crippen molar-refractivity contribution in [3.8, 4) is 0 Å². The van der Waals surface area contributed by atoms with Crippen LogP contribution in [0.2, 0.25) is 0 Å². The first kappa shape index (κ1) is 13.5. The Labute approximate surface area is 121 Å². The average Bonchev–Trinajstić information content (AvgIpc) is 2.46. The molecule has 2 aliphatic rings. The Morgan fingerprint density at radius 3 is 2.63 bits per heavy atom. The summed E-state index contributed by atoms with van der Waals surface area (Å²) in [4.78, 5) is 2.99. The van der Waals surface area contributed by atoms with Gasteiger partial charge in [-0.3, -0.25) is 4.90 Å². The molecule has 2 fully saturated rings. The second-order valence-corrected chi connectivity index (χ2v) is 7.46. The Kier molecular flexibility index (Phi) is 4.15. The fourth-order valence-corrected chi connectivity index (χ4v) is 4.39. The van der Waals surface area contributed by atoms with E-state index in [-0.39, 0.29) is 0 Å². The second-order valence-electron chi connectivity index (χ2n) is 6.05. The number of rotatable bonds is 2. The van der Waals surface area contributed by atoms with Crippen molar-refractivity contribution in [2.75, 3.05) is 25.4 Å². The van der Waals surface area contributed by atoms with Gasteiger partial charge in [0, 0.05) is 19.6 Å². The van der Waals surface area contributed by atoms with E-state index >= 15 is 0 Å². The SMILES string of the molecule is CC1CNC2(CCN(Cc3ccccc3)CC2)SC1. The number of benzene rings is 1. The van der Waals surface area contributed by atoms with Gasteiger partial charge in [0.15, 0.2) is 0 Å². The highest BCUT2D eigenvalue weighted by Gasteiger charge is 2.37. The highest BCUT2D eigenvalue weighted by molar-refractivity contribution is 8.00. The summed E-state index contributed by atoms with van der Waals surface area (Å²) in [6.07, 6.45) is 2.58. The van der Waals surface area contributed by atoms with E-state index in [0.717, 1.165) is 12.5 Å². The molecule has 0 radical (unpaired) electrons. The maximum Gasteiger partial charge on any atom is 0.0669 e. The molecule has 0 bridgehead atoms. The molecule has 1 aromatic carbocycles. The van der Waals surface area contributed by atoms with Gasteiger partial charge in [0.25, 0.3) is 0 Å². The van der Waals surface area contributed by atoms with Crippen LogP contribution in [0.1, 0.15) is 25.3 Å². The van der Waals surface area contributed by atoms with E-state index in [0.29, 0.717) is 4.87 Å². The van der Waals surface area contributed by atoms with Crippen LogP contribution < -0.4 is 5.32 Å². The number of piperidine rings is 1. The van der Waals surface area contributed by atoms with Crippen LogP contribution in [0.3, 0.4) is 0 Å². The first-order valence-electron chi connectivity index (χ1n) is 7.41. The number of thioether (sulfide) groups is 1. The quantitative estimate of drug-likeness (QED) is 0.894. The molecular weight excluding hydrogens is 252 g/mol. The molecule has 2 heterocycles. The number of hydrogen-bond acceptors (Lipinski definition) is 3. The van der Waals surface area contributed by atoms with E-state index in [1.165, 1.54) is 43.8 Å². The fraction of sp³-hybridized carbons (Fsp3) is 0.625. The highest BCUT2D eigenvalue weighted by Crippen LogP contribution is 2.37. The van der Waals surface area contributed by atoms with Crippen LogP contribution in [0.15, 0.2) is 30.3 Å². The molecule has 1 spiro atoms. The Morgan fingerprint density at radius 1 is 1.26 bits per heavy atom. The third kappa shape index (κ3) is 3.33. The van der Waals surface area contributed by atoms with Crippen molar-refractivity contribution in [1.82, 2.24) is 10.2 Å². The van der Waals surface area contributed by atoms with Gasteiger partial charge < -0.3 is 5.32 Å². The Bertz CT molecular complexity index is 388. The number of nitrogens with one attached hydrogen (secondary N) is 1. The molecule has 19 heavy (non-hydrogen) atoms. The van der Waals surface area contributed by atoms with Crippen LogP contribution in [0, 0.1) is 5.92 Å². The van der Waals surface area contributed by atoms with Crippen LogP contribution >= 0.6 is 11.8 Å². The van der Waals surface area contributed by atoms with Gasteiger partial charge in [-0.2, -0.15) is 0 Å². The third-order valence-corrected chi connectivity index (χ3v) is 6.17. The molecule has 3 heteroatoms. The van der Waals surface area contributed by atoms with Gasteiger partial charge >= 0.3 is 0 Å². The summed E-state index contributed by atoms with van der Waals surface area (Å²) in [5.41, 5.74) is 1.44. The van der Waals surface area contributed by atoms with Gasteiger partial charge in [0.2, 0.25) is 0 Å². The molecule has 0 amide bonds. The molecule has 2 saturated heterocycles. The minimum Gasteiger partial charge on any atom is -0.302 e. The number of nitrogens with zero attached hydrogens (tertiary/aromatic N) is 1. The predicted molar refractivity (Wildman–Crippen MR) is 83.3 cm³/mol. The van der Waals surface area contributed by atoms with E-state index in [9.17, 15) is 0 Å². The predicted octanol–water partition coefficient (Wildman–Crippen LogP) is 2.95. The van der Waals surface area contributed by atoms with Crippen molar-refractivity contribution < 1.29 is 0 Å². The van der Waals surface area contributed by atoms with Crippen LogP contribution in [-0.4, -0.2) is 35.2 Å². The minimum atomic E-state index is 0.389. The fourth-order valence-electron chi connectivity index (χ4n) is 3.01. The molecule has 1 aromatic rings. The lowest BCUT2D eigenvalue weighted by molar-refractivity contribution is 0.171. The van der Waals surface area contributed by atoms with Crippen molar-refractivity contribution in [2.45, 2.75) is 31.2 Å². The highest BCUT2D eigenvalue weighted by atomic mass is 32.2. The van der Waals surface area contributed by atoms with E-state index in [1.807, 2.05) is 0 Å². The molecular formula is C16H24N2S. The summed E-state index contributed by atoms with van der Waals surface area (Å²) in [6, 6.07) is 10.8. The van der Waals surface area contributed by atoms with E-state index in [1.54, 1.807) is 0 Å². The Hall–Kier alpha value is -0.510. The molecule has 2 nitrogen and oxygen atoms in total. The zero-order valence-corrected chi connectivity index (χ0v) is 12.6. The van der Waals surface area contributed by atoms with Crippen LogP contribution in [0.5, 0.6) is 0 Å². The van der Waals surface area contributed by atoms with E-state index < -0.39 is 0 Å². The normalized spacial score (nSPS) is 27.5. The van der Waals surface area contributed by atoms with Gasteiger partial charge in [-0.15, -0.1) is 11.8 Å². The molecule has 3 rings (SSSR count). The molecule has 0 saturated carbocycles. The summed E-state index contributed by atoms with van der Waals surface area (Å²) in [6.45, 7) is 7.10. The van der Waals surface area contributed by atoms with Gasteiger partial charge in [-0.05, 0) is 36.6 Å². The largest absolute Gasteiger partial charge is 0.302 e. The van der Waals surface area contributed by atoms with Gasteiger partial charge in [-0.1, -0.05) is 37.3 Å². The van der Waals surface area contributed by atoms with E-state index in [4.69, 9.17) is 0 Å². The molecule has 0 aromatic heterocycles. The lowest BCUT2D eigenvalue weighted by atomic mass is 10.0.